The quantitative estimate of drug-likeness (QED) is 0.366. The van der Waals surface area contributed by atoms with E-state index in [1.807, 2.05) is 25.2 Å². The number of rotatable bonds is 8. The molecule has 2 N–H and O–H groups in total. The van der Waals surface area contributed by atoms with E-state index >= 15 is 0 Å². The van der Waals surface area contributed by atoms with Crippen LogP contribution in [0, 0.1) is 0 Å². The van der Waals surface area contributed by atoms with E-state index in [2.05, 4.69) is 36.5 Å². The van der Waals surface area contributed by atoms with Gasteiger partial charge >= 0.3 is 0 Å². The van der Waals surface area contributed by atoms with E-state index in [9.17, 15) is 0 Å². The number of halogens is 2. The molecule has 1 aromatic rings. The Morgan fingerprint density at radius 1 is 1.38 bits per heavy atom. The van der Waals surface area contributed by atoms with E-state index in [0.29, 0.717) is 6.04 Å². The van der Waals surface area contributed by atoms with Crippen molar-refractivity contribution in [3.05, 3.63) is 33.3 Å². The summed E-state index contributed by atoms with van der Waals surface area (Å²) in [7, 11) is 3.59. The Kier molecular flexibility index (Phi) is 9.75. The first kappa shape index (κ1) is 21.5. The Bertz CT molecular complexity index is 577. The van der Waals surface area contributed by atoms with Crippen LogP contribution in [0.2, 0.25) is 5.02 Å². The summed E-state index contributed by atoms with van der Waals surface area (Å²) in [5.74, 6) is 0.876. The maximum absolute atomic E-state index is 6.08. The first-order valence-electron chi connectivity index (χ1n) is 9.24. The molecular formula is C19H30BrClN4O. The number of aliphatic imine (C=N–C) groups is 1. The molecule has 0 unspecified atom stereocenters. The van der Waals surface area contributed by atoms with Gasteiger partial charge in [-0.3, -0.25) is 4.99 Å². The summed E-state index contributed by atoms with van der Waals surface area (Å²) in [6, 6.07) is 6.37. The summed E-state index contributed by atoms with van der Waals surface area (Å²) < 4.78 is 6.22. The predicted octanol–water partition coefficient (Wildman–Crippen LogP) is 3.31. The molecule has 1 aromatic carbocycles. The molecule has 0 radical (unpaired) electrons. The lowest BCUT2D eigenvalue weighted by atomic mass is 10.1. The number of nitrogens with one attached hydrogen (secondary N) is 2. The van der Waals surface area contributed by atoms with Crippen LogP contribution >= 0.6 is 27.5 Å². The average molecular weight is 446 g/mol. The highest BCUT2D eigenvalue weighted by Crippen LogP contribution is 2.21. The van der Waals surface area contributed by atoms with Crippen molar-refractivity contribution in [1.29, 1.82) is 0 Å². The van der Waals surface area contributed by atoms with Gasteiger partial charge in [0.1, 0.15) is 0 Å². The molecule has 0 spiro atoms. The van der Waals surface area contributed by atoms with E-state index in [-0.39, 0.29) is 0 Å². The van der Waals surface area contributed by atoms with Gasteiger partial charge in [0.2, 0.25) is 0 Å². The van der Waals surface area contributed by atoms with Crippen molar-refractivity contribution >= 4 is 33.5 Å². The molecule has 1 fully saturated rings. The number of hydrogen-bond donors (Lipinski definition) is 2. The molecule has 2 rings (SSSR count). The van der Waals surface area contributed by atoms with Gasteiger partial charge in [-0.1, -0.05) is 27.5 Å². The topological polar surface area (TPSA) is 48.9 Å². The van der Waals surface area contributed by atoms with Crippen LogP contribution in [0.25, 0.3) is 0 Å². The van der Waals surface area contributed by atoms with E-state index in [1.54, 1.807) is 7.11 Å². The van der Waals surface area contributed by atoms with Gasteiger partial charge in [-0.2, -0.15) is 0 Å². The third-order valence-electron chi connectivity index (χ3n) is 4.67. The molecule has 1 aliphatic rings. The maximum Gasteiger partial charge on any atom is 0.191 e. The Hall–Kier alpha value is -0.820. The lowest BCUT2D eigenvalue weighted by Gasteiger charge is -2.33. The first-order chi connectivity index (χ1) is 12.6. The third kappa shape index (κ3) is 7.43. The summed E-state index contributed by atoms with van der Waals surface area (Å²) in [6.45, 7) is 5.05. The number of methoxy groups -OCH3 is 1. The number of nitrogens with zero attached hydrogens (tertiary/aromatic N) is 2. The maximum atomic E-state index is 6.08. The number of benzene rings is 1. The smallest absolute Gasteiger partial charge is 0.191 e. The summed E-state index contributed by atoms with van der Waals surface area (Å²) in [4.78, 5) is 6.88. The minimum atomic E-state index is 0.484. The van der Waals surface area contributed by atoms with E-state index < -0.39 is 0 Å². The highest BCUT2D eigenvalue weighted by Gasteiger charge is 2.19. The zero-order chi connectivity index (χ0) is 18.8. The van der Waals surface area contributed by atoms with Gasteiger partial charge in [-0.05, 0) is 49.4 Å². The van der Waals surface area contributed by atoms with Crippen LogP contribution < -0.4 is 10.6 Å². The average Bonchev–Trinajstić information content (AvgIpc) is 2.65. The summed E-state index contributed by atoms with van der Waals surface area (Å²) in [6.07, 6.45) is 4.29. The molecule has 0 amide bonds. The Balaban J connectivity index is 1.69. The number of guanidine groups is 1. The van der Waals surface area contributed by atoms with Gasteiger partial charge in [-0.15, -0.1) is 0 Å². The monoisotopic (exact) mass is 444 g/mol. The summed E-state index contributed by atoms with van der Waals surface area (Å²) in [5.41, 5.74) is 1.20. The van der Waals surface area contributed by atoms with Crippen LogP contribution in [-0.2, 0) is 11.2 Å². The van der Waals surface area contributed by atoms with E-state index in [0.717, 1.165) is 73.9 Å². The lowest BCUT2D eigenvalue weighted by molar-refractivity contribution is 0.155. The number of piperidine rings is 1. The Labute approximate surface area is 170 Å². The minimum Gasteiger partial charge on any atom is -0.385 e. The van der Waals surface area contributed by atoms with E-state index in [4.69, 9.17) is 16.3 Å². The molecule has 1 saturated heterocycles. The lowest BCUT2D eigenvalue weighted by Crippen LogP contribution is -2.49. The van der Waals surface area contributed by atoms with E-state index in [1.165, 1.54) is 5.56 Å². The zero-order valence-electron chi connectivity index (χ0n) is 15.7. The number of likely N-dealkylation sites (tertiary alicyclic amines) is 1. The predicted molar refractivity (Wildman–Crippen MR) is 113 cm³/mol. The zero-order valence-corrected chi connectivity index (χ0v) is 18.1. The van der Waals surface area contributed by atoms with Crippen molar-refractivity contribution in [2.75, 3.05) is 46.9 Å². The van der Waals surface area contributed by atoms with Crippen molar-refractivity contribution < 1.29 is 4.74 Å². The Morgan fingerprint density at radius 2 is 2.15 bits per heavy atom. The van der Waals surface area contributed by atoms with Crippen LogP contribution in [0.4, 0.5) is 0 Å². The van der Waals surface area contributed by atoms with Crippen LogP contribution in [-0.4, -0.2) is 63.8 Å². The molecule has 0 saturated carbocycles. The second kappa shape index (κ2) is 11.8. The molecule has 0 aromatic heterocycles. The number of ether oxygens (including phenoxy) is 1. The van der Waals surface area contributed by atoms with Crippen molar-refractivity contribution in [3.63, 3.8) is 0 Å². The van der Waals surface area contributed by atoms with Crippen LogP contribution in [0.3, 0.4) is 0 Å². The second-order valence-electron chi connectivity index (χ2n) is 6.59. The van der Waals surface area contributed by atoms with Crippen LogP contribution in [0.1, 0.15) is 24.8 Å². The Morgan fingerprint density at radius 3 is 2.85 bits per heavy atom. The van der Waals surface area contributed by atoms with Gasteiger partial charge in [-0.25, -0.2) is 0 Å². The summed E-state index contributed by atoms with van der Waals surface area (Å²) >= 11 is 9.66. The van der Waals surface area contributed by atoms with Crippen molar-refractivity contribution in [3.8, 4) is 0 Å². The fourth-order valence-electron chi connectivity index (χ4n) is 3.17. The SMILES string of the molecule is CN=C(NCCc1cc(Cl)ccc1Br)NC1CCN(CCCOC)CC1. The van der Waals surface area contributed by atoms with Crippen molar-refractivity contribution in [2.24, 2.45) is 4.99 Å². The fourth-order valence-corrected chi connectivity index (χ4v) is 3.81. The van der Waals surface area contributed by atoms with Gasteiger partial charge in [0.25, 0.3) is 0 Å². The normalized spacial score (nSPS) is 16.7. The highest BCUT2D eigenvalue weighted by atomic mass is 79.9. The number of hydrogen-bond acceptors (Lipinski definition) is 3. The minimum absolute atomic E-state index is 0.484. The van der Waals surface area contributed by atoms with Gasteiger partial charge in [0, 0.05) is 62.5 Å². The molecule has 1 aliphatic heterocycles. The fraction of sp³-hybridized carbons (Fsp3) is 0.632. The third-order valence-corrected chi connectivity index (χ3v) is 5.68. The largest absolute Gasteiger partial charge is 0.385 e. The molecule has 5 nitrogen and oxygen atoms in total. The van der Waals surface area contributed by atoms with Gasteiger partial charge < -0.3 is 20.3 Å². The molecular weight excluding hydrogens is 416 g/mol. The molecule has 146 valence electrons. The second-order valence-corrected chi connectivity index (χ2v) is 7.88. The van der Waals surface area contributed by atoms with Crippen molar-refractivity contribution in [2.45, 2.75) is 31.7 Å². The van der Waals surface area contributed by atoms with Crippen LogP contribution in [0.5, 0.6) is 0 Å². The van der Waals surface area contributed by atoms with Gasteiger partial charge in [0.05, 0.1) is 0 Å². The molecule has 7 heteroatoms. The molecule has 0 atom stereocenters. The molecule has 1 heterocycles. The van der Waals surface area contributed by atoms with Crippen molar-refractivity contribution in [1.82, 2.24) is 15.5 Å². The standard InChI is InChI=1S/C19H30BrClN4O/c1-22-19(23-9-6-15-14-16(21)4-5-18(15)20)24-17-7-11-25(12-8-17)10-3-13-26-2/h4-5,14,17H,3,6-13H2,1-2H3,(H2,22,23,24). The van der Waals surface area contributed by atoms with Crippen LogP contribution in [0.15, 0.2) is 27.7 Å². The molecule has 26 heavy (non-hydrogen) atoms. The van der Waals surface area contributed by atoms with Gasteiger partial charge in [0.15, 0.2) is 5.96 Å². The summed E-state index contributed by atoms with van der Waals surface area (Å²) in [5, 5.41) is 7.73. The molecule has 0 bridgehead atoms. The first-order valence-corrected chi connectivity index (χ1v) is 10.4. The highest BCUT2D eigenvalue weighted by molar-refractivity contribution is 9.10. The molecule has 0 aliphatic carbocycles.